The van der Waals surface area contributed by atoms with Gasteiger partial charge in [-0.1, -0.05) is 12.1 Å². The van der Waals surface area contributed by atoms with Crippen molar-refractivity contribution in [2.24, 2.45) is 7.05 Å². The molecule has 0 unspecified atom stereocenters. The summed E-state index contributed by atoms with van der Waals surface area (Å²) in [7, 11) is -1.54. The Kier molecular flexibility index (Phi) is 3.38. The highest BCUT2D eigenvalue weighted by molar-refractivity contribution is 7.91. The number of hydrogen-bond acceptors (Lipinski definition) is 4. The number of rotatable bonds is 4. The Balaban J connectivity index is 2.16. The van der Waals surface area contributed by atoms with Gasteiger partial charge in [0.15, 0.2) is 9.84 Å². The number of nitrogen functional groups attached to an aromatic ring is 1. The molecule has 0 radical (unpaired) electrons. The van der Waals surface area contributed by atoms with Crippen LogP contribution in [0.4, 0.5) is 5.69 Å². The summed E-state index contributed by atoms with van der Waals surface area (Å²) < 4.78 is 25.9. The van der Waals surface area contributed by atoms with E-state index in [9.17, 15) is 8.42 Å². The predicted octanol–water partition coefficient (Wildman–Crippen LogP) is 1.02. The number of hydrogen-bond donors (Lipinski definition) is 1. The van der Waals surface area contributed by atoms with Crippen molar-refractivity contribution in [1.82, 2.24) is 9.78 Å². The van der Waals surface area contributed by atoms with E-state index >= 15 is 0 Å². The molecule has 0 amide bonds. The lowest BCUT2D eigenvalue weighted by atomic mass is 10.3. The largest absolute Gasteiger partial charge is 0.398 e. The summed E-state index contributed by atoms with van der Waals surface area (Å²) in [6.07, 6.45) is 3.91. The van der Waals surface area contributed by atoms with Gasteiger partial charge in [-0.3, -0.25) is 4.68 Å². The van der Waals surface area contributed by atoms with Crippen molar-refractivity contribution < 1.29 is 8.42 Å². The summed E-state index contributed by atoms with van der Waals surface area (Å²) >= 11 is 0. The third-order valence-electron chi connectivity index (χ3n) is 2.67. The summed E-state index contributed by atoms with van der Waals surface area (Å²) in [6, 6.07) is 6.52. The van der Waals surface area contributed by atoms with Crippen LogP contribution in [0, 0.1) is 0 Å². The predicted molar refractivity (Wildman–Crippen MR) is 69.8 cm³/mol. The van der Waals surface area contributed by atoms with Crippen molar-refractivity contribution in [3.8, 4) is 0 Å². The van der Waals surface area contributed by atoms with Gasteiger partial charge in [0.2, 0.25) is 0 Å². The molecule has 0 spiro atoms. The Bertz CT molecular complexity index is 647. The fourth-order valence-corrected chi connectivity index (χ4v) is 3.16. The number of para-hydroxylation sites is 1. The van der Waals surface area contributed by atoms with Crippen molar-refractivity contribution >= 4 is 15.5 Å². The zero-order valence-electron chi connectivity index (χ0n) is 10.1. The highest BCUT2D eigenvalue weighted by Crippen LogP contribution is 2.19. The number of aromatic nitrogens is 2. The van der Waals surface area contributed by atoms with Crippen molar-refractivity contribution in [2.45, 2.75) is 11.3 Å². The van der Waals surface area contributed by atoms with Crippen LogP contribution >= 0.6 is 0 Å². The first-order chi connectivity index (χ1) is 8.49. The number of benzene rings is 1. The fraction of sp³-hybridized carbons (Fsp3) is 0.250. The second kappa shape index (κ2) is 4.81. The lowest BCUT2D eigenvalue weighted by Crippen LogP contribution is -2.11. The molecule has 2 N–H and O–H groups in total. The topological polar surface area (TPSA) is 78.0 Å². The Morgan fingerprint density at radius 3 is 2.67 bits per heavy atom. The van der Waals surface area contributed by atoms with Gasteiger partial charge in [-0.2, -0.15) is 5.10 Å². The van der Waals surface area contributed by atoms with Crippen LogP contribution in [0.2, 0.25) is 0 Å². The van der Waals surface area contributed by atoms with Crippen molar-refractivity contribution in [3.63, 3.8) is 0 Å². The van der Waals surface area contributed by atoms with Gasteiger partial charge in [-0.25, -0.2) is 8.42 Å². The third-order valence-corrected chi connectivity index (χ3v) is 4.46. The average molecular weight is 265 g/mol. The van der Waals surface area contributed by atoms with Crippen LogP contribution in [0.5, 0.6) is 0 Å². The molecule has 0 aliphatic carbocycles. The number of nitrogens with zero attached hydrogens (tertiary/aromatic N) is 2. The number of sulfone groups is 1. The van der Waals surface area contributed by atoms with E-state index in [-0.39, 0.29) is 10.6 Å². The van der Waals surface area contributed by atoms with Crippen LogP contribution < -0.4 is 5.73 Å². The standard InChI is InChI=1S/C12H15N3O2S/c1-15-9-10(8-14-15)6-7-18(16,17)12-5-3-2-4-11(12)13/h2-5,8-9H,6-7,13H2,1H3. The van der Waals surface area contributed by atoms with E-state index < -0.39 is 9.84 Å². The minimum absolute atomic E-state index is 0.0346. The van der Waals surface area contributed by atoms with E-state index in [1.807, 2.05) is 6.20 Å². The molecular formula is C12H15N3O2S. The number of aryl methyl sites for hydroxylation is 2. The summed E-state index contributed by atoms with van der Waals surface area (Å²) in [5.74, 6) is 0.0346. The molecule has 1 heterocycles. The Morgan fingerprint density at radius 2 is 2.06 bits per heavy atom. The second-order valence-electron chi connectivity index (χ2n) is 4.13. The van der Waals surface area contributed by atoms with Gasteiger partial charge in [0.05, 0.1) is 22.5 Å². The Morgan fingerprint density at radius 1 is 1.33 bits per heavy atom. The van der Waals surface area contributed by atoms with Crippen molar-refractivity contribution in [3.05, 3.63) is 42.2 Å². The molecule has 0 aliphatic rings. The molecule has 5 nitrogen and oxygen atoms in total. The lowest BCUT2D eigenvalue weighted by molar-refractivity contribution is 0.595. The van der Waals surface area contributed by atoms with Gasteiger partial charge in [0.25, 0.3) is 0 Å². The summed E-state index contributed by atoms with van der Waals surface area (Å²) in [6.45, 7) is 0. The van der Waals surface area contributed by atoms with Crippen LogP contribution in [-0.2, 0) is 23.3 Å². The molecule has 0 fully saturated rings. The van der Waals surface area contributed by atoms with Crippen LogP contribution in [-0.4, -0.2) is 24.0 Å². The van der Waals surface area contributed by atoms with Crippen LogP contribution in [0.25, 0.3) is 0 Å². The lowest BCUT2D eigenvalue weighted by Gasteiger charge is -2.06. The third kappa shape index (κ3) is 2.70. The highest BCUT2D eigenvalue weighted by Gasteiger charge is 2.17. The molecule has 96 valence electrons. The van der Waals surface area contributed by atoms with E-state index in [4.69, 9.17) is 5.73 Å². The van der Waals surface area contributed by atoms with Crippen LogP contribution in [0.15, 0.2) is 41.6 Å². The maximum atomic E-state index is 12.1. The molecule has 0 saturated carbocycles. The van der Waals surface area contributed by atoms with Crippen molar-refractivity contribution in [1.29, 1.82) is 0 Å². The summed E-state index contributed by atoms with van der Waals surface area (Å²) in [5.41, 5.74) is 6.88. The minimum Gasteiger partial charge on any atom is -0.398 e. The quantitative estimate of drug-likeness (QED) is 0.837. The van der Waals surface area contributed by atoms with Gasteiger partial charge < -0.3 is 5.73 Å². The van der Waals surface area contributed by atoms with Gasteiger partial charge in [0.1, 0.15) is 0 Å². The molecule has 1 aromatic carbocycles. The van der Waals surface area contributed by atoms with Crippen LogP contribution in [0.1, 0.15) is 5.56 Å². The molecule has 0 aliphatic heterocycles. The zero-order chi connectivity index (χ0) is 13.2. The summed E-state index contributed by atoms with van der Waals surface area (Å²) in [5, 5.41) is 4.00. The number of anilines is 1. The molecule has 2 rings (SSSR count). The van der Waals surface area contributed by atoms with Crippen LogP contribution in [0.3, 0.4) is 0 Å². The van der Waals surface area contributed by atoms with E-state index in [1.54, 1.807) is 36.1 Å². The molecule has 0 saturated heterocycles. The van der Waals surface area contributed by atoms with Gasteiger partial charge in [-0.05, 0) is 24.1 Å². The summed E-state index contributed by atoms with van der Waals surface area (Å²) in [4.78, 5) is 0.203. The molecular weight excluding hydrogens is 250 g/mol. The number of nitrogens with two attached hydrogens (primary N) is 1. The van der Waals surface area contributed by atoms with E-state index in [0.717, 1.165) is 5.56 Å². The van der Waals surface area contributed by atoms with E-state index in [1.165, 1.54) is 6.07 Å². The van der Waals surface area contributed by atoms with Gasteiger partial charge in [-0.15, -0.1) is 0 Å². The minimum atomic E-state index is -3.34. The van der Waals surface area contributed by atoms with Gasteiger partial charge in [0, 0.05) is 13.2 Å². The maximum Gasteiger partial charge on any atom is 0.180 e. The van der Waals surface area contributed by atoms with Gasteiger partial charge >= 0.3 is 0 Å². The first kappa shape index (κ1) is 12.6. The average Bonchev–Trinajstić information content (AvgIpc) is 2.73. The molecule has 1 aromatic heterocycles. The Labute approximate surface area is 106 Å². The SMILES string of the molecule is Cn1cc(CCS(=O)(=O)c2ccccc2N)cn1. The first-order valence-electron chi connectivity index (χ1n) is 5.54. The van der Waals surface area contributed by atoms with Crippen molar-refractivity contribution in [2.75, 3.05) is 11.5 Å². The molecule has 6 heteroatoms. The maximum absolute atomic E-state index is 12.1. The van der Waals surface area contributed by atoms with E-state index in [2.05, 4.69) is 5.10 Å². The van der Waals surface area contributed by atoms with E-state index in [0.29, 0.717) is 12.1 Å². The highest BCUT2D eigenvalue weighted by atomic mass is 32.2. The molecule has 2 aromatic rings. The first-order valence-corrected chi connectivity index (χ1v) is 7.19. The fourth-order valence-electron chi connectivity index (χ4n) is 1.73. The smallest absolute Gasteiger partial charge is 0.180 e. The zero-order valence-corrected chi connectivity index (χ0v) is 10.9. The Hall–Kier alpha value is -1.82. The molecule has 0 atom stereocenters. The monoisotopic (exact) mass is 265 g/mol. The molecule has 18 heavy (non-hydrogen) atoms. The normalized spacial score (nSPS) is 11.6. The second-order valence-corrected chi connectivity index (χ2v) is 6.21. The molecule has 0 bridgehead atoms.